The molecular formula is C15H11F3O2S. The molecule has 0 spiro atoms. The Morgan fingerprint density at radius 3 is 2.43 bits per heavy atom. The molecule has 0 unspecified atom stereocenters. The van der Waals surface area contributed by atoms with Crippen LogP contribution in [0.25, 0.3) is 0 Å². The van der Waals surface area contributed by atoms with Gasteiger partial charge >= 0.3 is 6.36 Å². The smallest absolute Gasteiger partial charge is 0.406 e. The van der Waals surface area contributed by atoms with Crippen LogP contribution < -0.4 is 4.74 Å². The number of benzene rings is 2. The van der Waals surface area contributed by atoms with Crippen molar-refractivity contribution in [2.45, 2.75) is 17.0 Å². The first kappa shape index (κ1) is 15.4. The van der Waals surface area contributed by atoms with Crippen LogP contribution in [0.15, 0.2) is 53.4 Å². The fourth-order valence-electron chi connectivity index (χ4n) is 1.63. The topological polar surface area (TPSA) is 26.3 Å². The van der Waals surface area contributed by atoms with E-state index in [-0.39, 0.29) is 5.75 Å². The van der Waals surface area contributed by atoms with Gasteiger partial charge in [-0.2, -0.15) is 0 Å². The SMILES string of the molecule is O=Cc1cccc(SCc2ccc(OC(F)(F)F)cc2)c1. The molecule has 0 radical (unpaired) electrons. The molecule has 0 aliphatic heterocycles. The lowest BCUT2D eigenvalue weighted by molar-refractivity contribution is -0.274. The average Bonchev–Trinajstić information content (AvgIpc) is 2.45. The molecule has 2 rings (SSSR count). The van der Waals surface area contributed by atoms with Crippen molar-refractivity contribution in [2.75, 3.05) is 0 Å². The van der Waals surface area contributed by atoms with Gasteiger partial charge in [-0.25, -0.2) is 0 Å². The largest absolute Gasteiger partial charge is 0.573 e. The Morgan fingerprint density at radius 2 is 1.81 bits per heavy atom. The van der Waals surface area contributed by atoms with Gasteiger partial charge in [-0.05, 0) is 29.8 Å². The third kappa shape index (κ3) is 5.15. The van der Waals surface area contributed by atoms with E-state index in [0.717, 1.165) is 16.7 Å². The Morgan fingerprint density at radius 1 is 1.10 bits per heavy atom. The summed E-state index contributed by atoms with van der Waals surface area (Å²) in [4.78, 5) is 11.6. The van der Waals surface area contributed by atoms with Gasteiger partial charge < -0.3 is 4.74 Å². The molecule has 2 nitrogen and oxygen atoms in total. The number of halogens is 3. The van der Waals surface area contributed by atoms with Gasteiger partial charge in [0.25, 0.3) is 0 Å². The van der Waals surface area contributed by atoms with E-state index in [1.54, 1.807) is 30.3 Å². The number of thioether (sulfide) groups is 1. The Labute approximate surface area is 123 Å². The Balaban J connectivity index is 1.95. The van der Waals surface area contributed by atoms with Crippen LogP contribution in [0.5, 0.6) is 5.75 Å². The van der Waals surface area contributed by atoms with Crippen molar-refractivity contribution in [1.29, 1.82) is 0 Å². The molecule has 0 fully saturated rings. The van der Waals surface area contributed by atoms with Gasteiger partial charge in [-0.1, -0.05) is 24.3 Å². The zero-order valence-corrected chi connectivity index (χ0v) is 11.6. The lowest BCUT2D eigenvalue weighted by Gasteiger charge is -2.09. The summed E-state index contributed by atoms with van der Waals surface area (Å²) in [7, 11) is 0. The third-order valence-electron chi connectivity index (χ3n) is 2.56. The summed E-state index contributed by atoms with van der Waals surface area (Å²) in [5, 5.41) is 0. The lowest BCUT2D eigenvalue weighted by Crippen LogP contribution is -2.16. The molecular weight excluding hydrogens is 301 g/mol. The van der Waals surface area contributed by atoms with Gasteiger partial charge in [-0.15, -0.1) is 24.9 Å². The maximum Gasteiger partial charge on any atom is 0.573 e. The van der Waals surface area contributed by atoms with Gasteiger partial charge in [0.2, 0.25) is 0 Å². The zero-order chi connectivity index (χ0) is 15.3. The van der Waals surface area contributed by atoms with Crippen LogP contribution in [0.2, 0.25) is 0 Å². The third-order valence-corrected chi connectivity index (χ3v) is 3.62. The summed E-state index contributed by atoms with van der Waals surface area (Å²) >= 11 is 1.50. The van der Waals surface area contributed by atoms with E-state index < -0.39 is 6.36 Å². The Kier molecular flexibility index (Phi) is 4.90. The molecule has 2 aromatic carbocycles. The van der Waals surface area contributed by atoms with E-state index in [9.17, 15) is 18.0 Å². The monoisotopic (exact) mass is 312 g/mol. The molecule has 21 heavy (non-hydrogen) atoms. The van der Waals surface area contributed by atoms with Crippen molar-refractivity contribution in [2.24, 2.45) is 0 Å². The first-order valence-electron chi connectivity index (χ1n) is 5.99. The molecule has 0 bridgehead atoms. The van der Waals surface area contributed by atoms with Crippen LogP contribution in [0.1, 0.15) is 15.9 Å². The number of alkyl halides is 3. The van der Waals surface area contributed by atoms with Gasteiger partial charge in [-0.3, -0.25) is 4.79 Å². The van der Waals surface area contributed by atoms with E-state index in [1.807, 2.05) is 6.07 Å². The molecule has 0 N–H and O–H groups in total. The quantitative estimate of drug-likeness (QED) is 0.592. The Bertz CT molecular complexity index is 609. The highest BCUT2D eigenvalue weighted by Crippen LogP contribution is 2.26. The van der Waals surface area contributed by atoms with E-state index in [0.29, 0.717) is 11.3 Å². The molecule has 2 aromatic rings. The van der Waals surface area contributed by atoms with E-state index >= 15 is 0 Å². The number of rotatable bonds is 5. The van der Waals surface area contributed by atoms with Gasteiger partial charge in [0.1, 0.15) is 12.0 Å². The van der Waals surface area contributed by atoms with Crippen molar-refractivity contribution >= 4 is 18.0 Å². The number of carbonyl (C=O) groups is 1. The molecule has 0 saturated carbocycles. The Hall–Kier alpha value is -1.95. The maximum atomic E-state index is 12.0. The van der Waals surface area contributed by atoms with E-state index in [4.69, 9.17) is 0 Å². The van der Waals surface area contributed by atoms with Gasteiger partial charge in [0, 0.05) is 16.2 Å². The standard InChI is InChI=1S/C15H11F3O2S/c16-15(17,18)20-13-6-4-11(5-7-13)10-21-14-3-1-2-12(8-14)9-19/h1-9H,10H2. The van der Waals surface area contributed by atoms with Crippen molar-refractivity contribution < 1.29 is 22.7 Å². The minimum atomic E-state index is -4.68. The van der Waals surface area contributed by atoms with Crippen molar-refractivity contribution in [3.8, 4) is 5.75 Å². The summed E-state index contributed by atoms with van der Waals surface area (Å²) in [6.07, 6.45) is -3.90. The first-order valence-corrected chi connectivity index (χ1v) is 6.97. The van der Waals surface area contributed by atoms with Crippen LogP contribution in [-0.4, -0.2) is 12.6 Å². The second-order valence-corrected chi connectivity index (χ2v) is 5.22. The number of aldehydes is 1. The minimum Gasteiger partial charge on any atom is -0.406 e. The second kappa shape index (κ2) is 6.67. The van der Waals surface area contributed by atoms with E-state index in [1.165, 1.54) is 23.9 Å². The molecule has 110 valence electrons. The number of carbonyl (C=O) groups excluding carboxylic acids is 1. The molecule has 0 atom stereocenters. The van der Waals surface area contributed by atoms with Crippen molar-refractivity contribution in [3.63, 3.8) is 0 Å². The molecule has 0 heterocycles. The van der Waals surface area contributed by atoms with E-state index in [2.05, 4.69) is 4.74 Å². The highest BCUT2D eigenvalue weighted by Gasteiger charge is 2.30. The van der Waals surface area contributed by atoms with Gasteiger partial charge in [0.05, 0.1) is 0 Å². The number of hydrogen-bond acceptors (Lipinski definition) is 3. The molecule has 0 aliphatic rings. The molecule has 6 heteroatoms. The summed E-state index contributed by atoms with van der Waals surface area (Å²) < 4.78 is 39.9. The maximum absolute atomic E-state index is 12.0. The van der Waals surface area contributed by atoms with Crippen molar-refractivity contribution in [3.05, 3.63) is 59.7 Å². The van der Waals surface area contributed by atoms with Crippen LogP contribution in [-0.2, 0) is 5.75 Å². The number of ether oxygens (including phenoxy) is 1. The highest BCUT2D eigenvalue weighted by atomic mass is 32.2. The zero-order valence-electron chi connectivity index (χ0n) is 10.8. The molecule has 0 amide bonds. The minimum absolute atomic E-state index is 0.237. The first-order chi connectivity index (χ1) is 9.96. The van der Waals surface area contributed by atoms with Crippen LogP contribution in [0, 0.1) is 0 Å². The van der Waals surface area contributed by atoms with Crippen molar-refractivity contribution in [1.82, 2.24) is 0 Å². The molecule has 0 aromatic heterocycles. The summed E-state index contributed by atoms with van der Waals surface area (Å²) in [5.74, 6) is 0.355. The summed E-state index contributed by atoms with van der Waals surface area (Å²) in [6, 6.07) is 12.9. The summed E-state index contributed by atoms with van der Waals surface area (Å²) in [5.41, 5.74) is 1.46. The predicted molar refractivity (Wildman–Crippen MR) is 74.5 cm³/mol. The highest BCUT2D eigenvalue weighted by molar-refractivity contribution is 7.98. The van der Waals surface area contributed by atoms with Gasteiger partial charge in [0.15, 0.2) is 0 Å². The van der Waals surface area contributed by atoms with Crippen LogP contribution in [0.3, 0.4) is 0 Å². The summed E-state index contributed by atoms with van der Waals surface area (Å²) in [6.45, 7) is 0. The second-order valence-electron chi connectivity index (χ2n) is 4.17. The van der Waals surface area contributed by atoms with Crippen LogP contribution in [0.4, 0.5) is 13.2 Å². The molecule has 0 aliphatic carbocycles. The number of hydrogen-bond donors (Lipinski definition) is 0. The van der Waals surface area contributed by atoms with Crippen LogP contribution >= 0.6 is 11.8 Å². The fourth-order valence-corrected chi connectivity index (χ4v) is 2.55. The average molecular weight is 312 g/mol. The normalized spacial score (nSPS) is 11.2. The predicted octanol–water partition coefficient (Wildman–Crippen LogP) is 4.69. The lowest BCUT2D eigenvalue weighted by atomic mass is 10.2. The molecule has 0 saturated heterocycles. The fraction of sp³-hybridized carbons (Fsp3) is 0.133.